The highest BCUT2D eigenvalue weighted by Crippen LogP contribution is 2.18. The van der Waals surface area contributed by atoms with E-state index in [1.807, 2.05) is 20.0 Å². The normalized spacial score (nSPS) is 18.9. The number of aromatic nitrogens is 2. The Labute approximate surface area is 150 Å². The Morgan fingerprint density at radius 2 is 2.08 bits per heavy atom. The van der Waals surface area contributed by atoms with Crippen molar-refractivity contribution in [3.8, 4) is 5.75 Å². The van der Waals surface area contributed by atoms with E-state index in [0.29, 0.717) is 5.92 Å². The van der Waals surface area contributed by atoms with Crippen LogP contribution in [0.5, 0.6) is 5.75 Å². The molecule has 0 spiro atoms. The predicted molar refractivity (Wildman–Crippen MR) is 97.5 cm³/mol. The summed E-state index contributed by atoms with van der Waals surface area (Å²) in [7, 11) is 0. The molecule has 0 saturated carbocycles. The van der Waals surface area contributed by atoms with Crippen molar-refractivity contribution in [3.63, 3.8) is 0 Å². The summed E-state index contributed by atoms with van der Waals surface area (Å²) in [5.74, 6) is 1.38. The molecule has 0 radical (unpaired) electrons. The van der Waals surface area contributed by atoms with Crippen LogP contribution in [0.15, 0.2) is 42.9 Å². The summed E-state index contributed by atoms with van der Waals surface area (Å²) in [6.45, 7) is 8.56. The lowest BCUT2D eigenvalue weighted by Gasteiger charge is -2.23. The van der Waals surface area contributed by atoms with E-state index in [1.54, 1.807) is 12.4 Å². The summed E-state index contributed by atoms with van der Waals surface area (Å²) in [5.41, 5.74) is 2.34. The molecular weight excluding hydrogens is 314 g/mol. The first-order valence-electron chi connectivity index (χ1n) is 8.99. The molecule has 134 valence electrons. The summed E-state index contributed by atoms with van der Waals surface area (Å²) in [6, 6.07) is 8.42. The third-order valence-electron chi connectivity index (χ3n) is 4.24. The Balaban J connectivity index is 1.57. The molecule has 1 aliphatic rings. The summed E-state index contributed by atoms with van der Waals surface area (Å²) in [6.07, 6.45) is 6.43. The third-order valence-corrected chi connectivity index (χ3v) is 4.24. The first kappa shape index (κ1) is 17.8. The number of hydrogen-bond donors (Lipinski definition) is 0. The zero-order chi connectivity index (χ0) is 17.5. The minimum atomic E-state index is 0.204. The van der Waals surface area contributed by atoms with Gasteiger partial charge in [-0.25, -0.2) is 0 Å². The Kier molecular flexibility index (Phi) is 6.36. The summed E-state index contributed by atoms with van der Waals surface area (Å²) in [5, 5.41) is 0. The summed E-state index contributed by atoms with van der Waals surface area (Å²) in [4.78, 5) is 11.0. The lowest BCUT2D eigenvalue weighted by molar-refractivity contribution is 0.121. The van der Waals surface area contributed by atoms with Gasteiger partial charge in [0, 0.05) is 44.1 Å². The second-order valence-electron chi connectivity index (χ2n) is 6.89. The van der Waals surface area contributed by atoms with Gasteiger partial charge in [0.1, 0.15) is 5.75 Å². The maximum Gasteiger partial charge on any atom is 0.119 e. The van der Waals surface area contributed by atoms with E-state index < -0.39 is 0 Å². The number of rotatable bonds is 6. The van der Waals surface area contributed by atoms with Crippen LogP contribution in [0.25, 0.3) is 0 Å². The van der Waals surface area contributed by atoms with Crippen molar-refractivity contribution in [2.45, 2.75) is 32.9 Å². The Bertz CT molecular complexity index is 631. The van der Waals surface area contributed by atoms with Crippen LogP contribution >= 0.6 is 0 Å². The lowest BCUT2D eigenvalue weighted by atomic mass is 10.0. The van der Waals surface area contributed by atoms with Crippen molar-refractivity contribution in [1.82, 2.24) is 14.9 Å². The average Bonchev–Trinajstić information content (AvgIpc) is 2.82. The molecule has 3 rings (SSSR count). The summed E-state index contributed by atoms with van der Waals surface area (Å²) >= 11 is 0. The lowest BCUT2D eigenvalue weighted by Crippen LogP contribution is -2.30. The molecule has 1 atom stereocenters. The number of benzene rings is 1. The fourth-order valence-electron chi connectivity index (χ4n) is 3.15. The number of hydrogen-bond acceptors (Lipinski definition) is 5. The Hall–Kier alpha value is -1.98. The van der Waals surface area contributed by atoms with Gasteiger partial charge in [0.25, 0.3) is 0 Å². The van der Waals surface area contributed by atoms with E-state index >= 15 is 0 Å². The first-order valence-corrected chi connectivity index (χ1v) is 8.99. The van der Waals surface area contributed by atoms with Gasteiger partial charge in [0.15, 0.2) is 0 Å². The van der Waals surface area contributed by atoms with Crippen LogP contribution in [0.1, 0.15) is 25.1 Å². The van der Waals surface area contributed by atoms with Crippen molar-refractivity contribution < 1.29 is 9.47 Å². The highest BCUT2D eigenvalue weighted by molar-refractivity contribution is 5.27. The van der Waals surface area contributed by atoms with Crippen LogP contribution < -0.4 is 4.74 Å². The SMILES string of the molecule is CC(C)Oc1ccc(CN2CCOCC(Cc3cnccn3)C2)cc1. The minimum Gasteiger partial charge on any atom is -0.491 e. The molecule has 1 aromatic heterocycles. The molecule has 25 heavy (non-hydrogen) atoms. The van der Waals surface area contributed by atoms with Gasteiger partial charge < -0.3 is 9.47 Å². The standard InChI is InChI=1S/C20H27N3O2/c1-16(2)25-20-5-3-17(4-6-20)13-23-9-10-24-15-18(14-23)11-19-12-21-7-8-22-19/h3-8,12,16,18H,9-11,13-15H2,1-2H3. The van der Waals surface area contributed by atoms with E-state index in [0.717, 1.165) is 50.7 Å². The molecule has 1 aromatic carbocycles. The van der Waals surface area contributed by atoms with Crippen molar-refractivity contribution in [2.75, 3.05) is 26.3 Å². The van der Waals surface area contributed by atoms with Gasteiger partial charge in [-0.05, 0) is 38.0 Å². The molecule has 0 aliphatic carbocycles. The van der Waals surface area contributed by atoms with Crippen LogP contribution in [0.3, 0.4) is 0 Å². The van der Waals surface area contributed by atoms with E-state index in [9.17, 15) is 0 Å². The largest absolute Gasteiger partial charge is 0.491 e. The van der Waals surface area contributed by atoms with Crippen molar-refractivity contribution >= 4 is 0 Å². The zero-order valence-corrected chi connectivity index (χ0v) is 15.1. The number of nitrogens with zero attached hydrogens (tertiary/aromatic N) is 3. The molecule has 0 amide bonds. The van der Waals surface area contributed by atoms with Gasteiger partial charge in [-0.1, -0.05) is 12.1 Å². The Morgan fingerprint density at radius 1 is 1.24 bits per heavy atom. The second kappa shape index (κ2) is 8.92. The average molecular weight is 341 g/mol. The molecule has 5 nitrogen and oxygen atoms in total. The molecule has 2 heterocycles. The van der Waals surface area contributed by atoms with E-state index in [2.05, 4.69) is 39.1 Å². The van der Waals surface area contributed by atoms with Gasteiger partial charge in [-0.15, -0.1) is 0 Å². The number of ether oxygens (including phenoxy) is 2. The molecule has 1 saturated heterocycles. The second-order valence-corrected chi connectivity index (χ2v) is 6.89. The quantitative estimate of drug-likeness (QED) is 0.808. The van der Waals surface area contributed by atoms with Crippen molar-refractivity contribution in [2.24, 2.45) is 5.92 Å². The molecule has 2 aromatic rings. The monoisotopic (exact) mass is 341 g/mol. The van der Waals surface area contributed by atoms with Gasteiger partial charge >= 0.3 is 0 Å². The van der Waals surface area contributed by atoms with Crippen molar-refractivity contribution in [3.05, 3.63) is 54.1 Å². The molecule has 0 N–H and O–H groups in total. The first-order chi connectivity index (χ1) is 12.2. The van der Waals surface area contributed by atoms with Crippen LogP contribution in [0.4, 0.5) is 0 Å². The maximum atomic E-state index is 5.80. The van der Waals surface area contributed by atoms with Gasteiger partial charge in [-0.2, -0.15) is 0 Å². The summed E-state index contributed by atoms with van der Waals surface area (Å²) < 4.78 is 11.5. The fraction of sp³-hybridized carbons (Fsp3) is 0.500. The predicted octanol–water partition coefficient (Wildman–Crippen LogP) is 2.95. The maximum absolute atomic E-state index is 5.80. The minimum absolute atomic E-state index is 0.204. The van der Waals surface area contributed by atoms with E-state index in [1.165, 1.54) is 5.56 Å². The van der Waals surface area contributed by atoms with Crippen LogP contribution in [0, 0.1) is 5.92 Å². The van der Waals surface area contributed by atoms with Crippen LogP contribution in [-0.2, 0) is 17.7 Å². The molecule has 1 aliphatic heterocycles. The van der Waals surface area contributed by atoms with Crippen LogP contribution in [0.2, 0.25) is 0 Å². The molecule has 0 bridgehead atoms. The zero-order valence-electron chi connectivity index (χ0n) is 15.1. The van der Waals surface area contributed by atoms with E-state index in [-0.39, 0.29) is 6.10 Å². The molecule has 1 unspecified atom stereocenters. The van der Waals surface area contributed by atoms with Gasteiger partial charge in [0.05, 0.1) is 25.0 Å². The van der Waals surface area contributed by atoms with Gasteiger partial charge in [-0.3, -0.25) is 14.9 Å². The molecule has 1 fully saturated rings. The molecular formula is C20H27N3O2. The smallest absolute Gasteiger partial charge is 0.119 e. The van der Waals surface area contributed by atoms with E-state index in [4.69, 9.17) is 9.47 Å². The van der Waals surface area contributed by atoms with Crippen LogP contribution in [-0.4, -0.2) is 47.3 Å². The topological polar surface area (TPSA) is 47.5 Å². The Morgan fingerprint density at radius 3 is 2.80 bits per heavy atom. The highest BCUT2D eigenvalue weighted by Gasteiger charge is 2.19. The highest BCUT2D eigenvalue weighted by atomic mass is 16.5. The fourth-order valence-corrected chi connectivity index (χ4v) is 3.15. The van der Waals surface area contributed by atoms with Crippen molar-refractivity contribution in [1.29, 1.82) is 0 Å². The van der Waals surface area contributed by atoms with Gasteiger partial charge in [0.2, 0.25) is 0 Å². The third kappa shape index (κ3) is 5.80. The molecule has 5 heteroatoms.